The molecule has 0 heterocycles. The highest BCUT2D eigenvalue weighted by molar-refractivity contribution is 8.33. The van der Waals surface area contributed by atoms with E-state index in [9.17, 15) is 0 Å². The third-order valence-electron chi connectivity index (χ3n) is 9.54. The van der Waals surface area contributed by atoms with E-state index in [0.29, 0.717) is 4.90 Å². The van der Waals surface area contributed by atoms with Crippen molar-refractivity contribution >= 4 is 20.4 Å². The van der Waals surface area contributed by atoms with Gasteiger partial charge in [-0.25, -0.2) is 3.63 Å². The molecule has 0 amide bonds. The summed E-state index contributed by atoms with van der Waals surface area (Å²) in [5.74, 6) is 0.187. The number of hydrogen-bond donors (Lipinski definition) is 0. The average Bonchev–Trinajstić information content (AvgIpc) is 3.01. The quantitative estimate of drug-likeness (QED) is 0.173. The molecule has 5 heteroatoms. The molecule has 3 nitrogen and oxygen atoms in total. The Kier molecular flexibility index (Phi) is 11.4. The van der Waals surface area contributed by atoms with Crippen LogP contribution in [0, 0.1) is 0 Å². The standard InChI is InChI=1S/C45H62O3S2/c1-30(2)33-28-34(31(3)4)42(35(29-33)32(5)6)50(46,47)48-49(39-25-19-16-22-36(39)43(7,8)9,40-26-20-17-23-37(40)44(10,11)12)41-27-21-18-24-38(41)45(13,14)15/h16-32H,1-15H3. The fraction of sp³-hybridized carbons (Fsp3) is 0.467. The second-order valence-corrected chi connectivity index (χ2v) is 22.1. The maximum Gasteiger partial charge on any atom is 0.307 e. The Labute approximate surface area is 306 Å². The normalized spacial score (nSPS) is 13.8. The predicted molar refractivity (Wildman–Crippen MR) is 215 cm³/mol. The Bertz CT molecular complexity index is 1760. The summed E-state index contributed by atoms with van der Waals surface area (Å²) in [5.41, 5.74) is 5.06. The molecule has 4 aromatic carbocycles. The van der Waals surface area contributed by atoms with E-state index in [1.54, 1.807) is 0 Å². The lowest BCUT2D eigenvalue weighted by atomic mass is 9.87. The van der Waals surface area contributed by atoms with E-state index in [1.807, 2.05) is 18.2 Å². The SMILES string of the molecule is CC(C)c1cc(C(C)C)c(S(=O)(=O)OS(c2ccccc2C(C)(C)C)(c2ccccc2C(C)(C)C)c2ccccc2C(C)(C)C)c(C(C)C)c1. The molecule has 272 valence electrons. The van der Waals surface area contributed by atoms with Crippen molar-refractivity contribution in [2.75, 3.05) is 0 Å². The third-order valence-corrected chi connectivity index (χ3v) is 15.0. The van der Waals surface area contributed by atoms with Crippen LogP contribution in [0.4, 0.5) is 0 Å². The molecule has 0 aliphatic heterocycles. The maximum atomic E-state index is 15.8. The Balaban J connectivity index is 2.36. The first-order valence-corrected chi connectivity index (χ1v) is 21.2. The molecule has 0 fully saturated rings. The van der Waals surface area contributed by atoms with E-state index in [1.165, 1.54) is 0 Å². The van der Waals surface area contributed by atoms with Crippen LogP contribution in [0.3, 0.4) is 0 Å². The highest BCUT2D eigenvalue weighted by atomic mass is 32.3. The fourth-order valence-corrected chi connectivity index (χ4v) is 13.8. The predicted octanol–water partition coefficient (Wildman–Crippen LogP) is 13.6. The first kappa shape index (κ1) is 39.9. The lowest BCUT2D eigenvalue weighted by Gasteiger charge is -2.46. The van der Waals surface area contributed by atoms with Gasteiger partial charge in [0.15, 0.2) is 0 Å². The number of benzene rings is 4. The Hall–Kier alpha value is -2.86. The highest BCUT2D eigenvalue weighted by Gasteiger charge is 2.46. The molecular formula is C45H62O3S2. The number of hydrogen-bond acceptors (Lipinski definition) is 3. The van der Waals surface area contributed by atoms with Crippen LogP contribution < -0.4 is 0 Å². The van der Waals surface area contributed by atoms with Gasteiger partial charge < -0.3 is 0 Å². The summed E-state index contributed by atoms with van der Waals surface area (Å²) in [6.45, 7) is 32.5. The van der Waals surface area contributed by atoms with Gasteiger partial charge in [-0.3, -0.25) is 0 Å². The van der Waals surface area contributed by atoms with Gasteiger partial charge in [-0.15, -0.1) is 0 Å². The minimum absolute atomic E-state index is 0.0328. The summed E-state index contributed by atoms with van der Waals surface area (Å²) < 4.78 is 39.0. The topological polar surface area (TPSA) is 43.4 Å². The second-order valence-electron chi connectivity index (χ2n) is 17.8. The molecule has 0 atom stereocenters. The van der Waals surface area contributed by atoms with E-state index in [4.69, 9.17) is 3.63 Å². The van der Waals surface area contributed by atoms with Crippen molar-refractivity contribution in [1.82, 2.24) is 0 Å². The van der Waals surface area contributed by atoms with Crippen molar-refractivity contribution in [3.63, 3.8) is 0 Å². The lowest BCUT2D eigenvalue weighted by Crippen LogP contribution is -2.26. The van der Waals surface area contributed by atoms with Gasteiger partial charge in [0, 0.05) is 14.7 Å². The molecule has 0 saturated carbocycles. The van der Waals surface area contributed by atoms with E-state index in [2.05, 4.69) is 171 Å². The molecule has 4 rings (SSSR count). The molecule has 0 radical (unpaired) electrons. The monoisotopic (exact) mass is 714 g/mol. The molecule has 0 aliphatic carbocycles. The summed E-state index contributed by atoms with van der Waals surface area (Å²) >= 11 is 0. The zero-order valence-corrected chi connectivity index (χ0v) is 35.0. The maximum absolute atomic E-state index is 15.8. The van der Waals surface area contributed by atoms with Crippen LogP contribution in [0.2, 0.25) is 0 Å². The van der Waals surface area contributed by atoms with Crippen LogP contribution in [0.1, 0.15) is 155 Å². The summed E-state index contributed by atoms with van der Waals surface area (Å²) in [4.78, 5) is 3.07. The van der Waals surface area contributed by atoms with E-state index in [-0.39, 0.29) is 34.0 Å². The summed E-state index contributed by atoms with van der Waals surface area (Å²) in [5, 5.41) is 0. The molecule has 0 unspecified atom stereocenters. The minimum atomic E-state index is -4.41. The fourth-order valence-electron chi connectivity index (χ4n) is 6.82. The van der Waals surface area contributed by atoms with Crippen molar-refractivity contribution in [1.29, 1.82) is 0 Å². The van der Waals surface area contributed by atoms with Gasteiger partial charge in [0.25, 0.3) is 0 Å². The first-order valence-electron chi connectivity index (χ1n) is 18.2. The van der Waals surface area contributed by atoms with Gasteiger partial charge >= 0.3 is 10.1 Å². The molecule has 4 aromatic rings. The van der Waals surface area contributed by atoms with Crippen molar-refractivity contribution in [2.24, 2.45) is 0 Å². The van der Waals surface area contributed by atoms with Crippen LogP contribution in [0.15, 0.2) is 105 Å². The first-order chi connectivity index (χ1) is 22.9. The van der Waals surface area contributed by atoms with Gasteiger partial charge in [-0.1, -0.05) is 171 Å². The summed E-state index contributed by atoms with van der Waals surface area (Å²) in [6, 6.07) is 29.3. The summed E-state index contributed by atoms with van der Waals surface area (Å²) in [6.07, 6.45) is 0. The van der Waals surface area contributed by atoms with Gasteiger partial charge in [-0.2, -0.15) is 8.42 Å². The summed E-state index contributed by atoms with van der Waals surface area (Å²) in [7, 11) is -7.39. The van der Waals surface area contributed by atoms with Crippen LogP contribution in [0.5, 0.6) is 0 Å². The van der Waals surface area contributed by atoms with Crippen molar-refractivity contribution < 1.29 is 12.0 Å². The zero-order chi connectivity index (χ0) is 37.6. The Morgan fingerprint density at radius 2 is 0.780 bits per heavy atom. The van der Waals surface area contributed by atoms with Gasteiger partial charge in [0.2, 0.25) is 0 Å². The molecule has 0 bridgehead atoms. The van der Waals surface area contributed by atoms with E-state index < -0.39 is 20.4 Å². The molecule has 0 aromatic heterocycles. The average molecular weight is 715 g/mol. The largest absolute Gasteiger partial charge is 0.307 e. The van der Waals surface area contributed by atoms with E-state index >= 15 is 8.42 Å². The van der Waals surface area contributed by atoms with Crippen LogP contribution in [-0.4, -0.2) is 8.42 Å². The molecule has 0 aliphatic rings. The lowest BCUT2D eigenvalue weighted by molar-refractivity contribution is 0.496. The highest BCUT2D eigenvalue weighted by Crippen LogP contribution is 2.74. The van der Waals surface area contributed by atoms with Gasteiger partial charge in [0.1, 0.15) is 4.90 Å². The van der Waals surface area contributed by atoms with Crippen LogP contribution >= 0.6 is 10.3 Å². The number of rotatable bonds is 9. The van der Waals surface area contributed by atoms with Crippen molar-refractivity contribution in [2.45, 2.75) is 157 Å². The Morgan fingerprint density at radius 3 is 1.04 bits per heavy atom. The zero-order valence-electron chi connectivity index (χ0n) is 33.4. The van der Waals surface area contributed by atoms with Crippen LogP contribution in [-0.2, 0) is 30.0 Å². The molecule has 0 saturated heterocycles. The van der Waals surface area contributed by atoms with Crippen molar-refractivity contribution in [3.05, 3.63) is 118 Å². The van der Waals surface area contributed by atoms with Crippen LogP contribution in [0.25, 0.3) is 0 Å². The van der Waals surface area contributed by atoms with Gasteiger partial charge in [-0.05, 0) is 95.9 Å². The molecular weight excluding hydrogens is 653 g/mol. The minimum Gasteiger partial charge on any atom is -0.203 e. The Morgan fingerprint density at radius 1 is 0.480 bits per heavy atom. The molecule has 50 heavy (non-hydrogen) atoms. The van der Waals surface area contributed by atoms with Crippen molar-refractivity contribution in [3.8, 4) is 0 Å². The van der Waals surface area contributed by atoms with E-state index in [0.717, 1.165) is 48.1 Å². The van der Waals surface area contributed by atoms with Gasteiger partial charge in [0.05, 0.1) is 0 Å². The second kappa shape index (κ2) is 14.3. The third kappa shape index (κ3) is 7.81. The smallest absolute Gasteiger partial charge is 0.203 e. The molecule has 0 N–H and O–H groups in total. The molecule has 0 spiro atoms.